The summed E-state index contributed by atoms with van der Waals surface area (Å²) in [5.74, 6) is 4.27. The van der Waals surface area contributed by atoms with Gasteiger partial charge in [-0.3, -0.25) is 0 Å². The quantitative estimate of drug-likeness (QED) is 0.574. The van der Waals surface area contributed by atoms with E-state index in [-0.39, 0.29) is 0 Å². The third kappa shape index (κ3) is 3.81. The van der Waals surface area contributed by atoms with E-state index in [1.165, 1.54) is 25.7 Å². The summed E-state index contributed by atoms with van der Waals surface area (Å²) < 4.78 is 0. The minimum Gasteiger partial charge on any atom is -0.0628 e. The molecule has 15 heavy (non-hydrogen) atoms. The van der Waals surface area contributed by atoms with Gasteiger partial charge in [0.1, 0.15) is 0 Å². The zero-order valence-corrected chi connectivity index (χ0v) is 10.7. The predicted octanol–water partition coefficient (Wildman–Crippen LogP) is 5.03. The first-order valence-electron chi connectivity index (χ1n) is 7.25. The highest BCUT2D eigenvalue weighted by atomic mass is 14.4. The number of hydrogen-bond donors (Lipinski definition) is 0. The molecular weight excluding hydrogens is 180 g/mol. The largest absolute Gasteiger partial charge is 0.0628 e. The monoisotopic (exact) mass is 208 g/mol. The Kier molecular flexibility index (Phi) is 4.11. The first-order chi connectivity index (χ1) is 7.25. The molecule has 2 fully saturated rings. The van der Waals surface area contributed by atoms with Crippen molar-refractivity contribution in [2.75, 3.05) is 0 Å². The van der Waals surface area contributed by atoms with Gasteiger partial charge < -0.3 is 0 Å². The minimum atomic E-state index is 0.910. The minimum absolute atomic E-state index is 0.910. The molecule has 88 valence electrons. The Morgan fingerprint density at radius 1 is 0.933 bits per heavy atom. The molecule has 0 amide bonds. The van der Waals surface area contributed by atoms with Gasteiger partial charge in [-0.15, -0.1) is 0 Å². The molecule has 0 saturated heterocycles. The standard InChI is InChI=1S/C15H28/c1-12(2)7-10-15(11-13-8-9-13)14-5-3-4-6-14/h12-15H,3-11H2,1-2H3. The van der Waals surface area contributed by atoms with Gasteiger partial charge in [0.25, 0.3) is 0 Å². The molecule has 2 saturated carbocycles. The molecule has 0 aromatic carbocycles. The van der Waals surface area contributed by atoms with Crippen LogP contribution in [-0.4, -0.2) is 0 Å². The Balaban J connectivity index is 1.77. The van der Waals surface area contributed by atoms with Crippen LogP contribution in [0.3, 0.4) is 0 Å². The topological polar surface area (TPSA) is 0 Å². The lowest BCUT2D eigenvalue weighted by Crippen LogP contribution is -2.13. The molecule has 0 aliphatic heterocycles. The average molecular weight is 208 g/mol. The smallest absolute Gasteiger partial charge is 0.0383 e. The highest BCUT2D eigenvalue weighted by Crippen LogP contribution is 2.43. The van der Waals surface area contributed by atoms with Crippen LogP contribution in [0.15, 0.2) is 0 Å². The molecule has 2 rings (SSSR count). The van der Waals surface area contributed by atoms with E-state index in [9.17, 15) is 0 Å². The van der Waals surface area contributed by atoms with E-state index in [2.05, 4.69) is 13.8 Å². The Morgan fingerprint density at radius 2 is 1.60 bits per heavy atom. The van der Waals surface area contributed by atoms with Crippen molar-refractivity contribution >= 4 is 0 Å². The van der Waals surface area contributed by atoms with Crippen molar-refractivity contribution < 1.29 is 0 Å². The van der Waals surface area contributed by atoms with Crippen LogP contribution < -0.4 is 0 Å². The molecule has 0 N–H and O–H groups in total. The Morgan fingerprint density at radius 3 is 2.13 bits per heavy atom. The Bertz CT molecular complexity index is 172. The third-order valence-electron chi connectivity index (χ3n) is 4.51. The van der Waals surface area contributed by atoms with Crippen LogP contribution in [0.4, 0.5) is 0 Å². The Labute approximate surface area is 95.8 Å². The molecular formula is C15H28. The van der Waals surface area contributed by atoms with Gasteiger partial charge in [-0.05, 0) is 36.5 Å². The van der Waals surface area contributed by atoms with E-state index in [4.69, 9.17) is 0 Å². The summed E-state index contributed by atoms with van der Waals surface area (Å²) in [6.45, 7) is 4.76. The molecule has 0 aromatic rings. The van der Waals surface area contributed by atoms with Crippen LogP contribution in [0, 0.1) is 23.7 Å². The van der Waals surface area contributed by atoms with Gasteiger partial charge in [0, 0.05) is 0 Å². The van der Waals surface area contributed by atoms with Gasteiger partial charge in [0.2, 0.25) is 0 Å². The van der Waals surface area contributed by atoms with Gasteiger partial charge >= 0.3 is 0 Å². The first kappa shape index (κ1) is 11.5. The van der Waals surface area contributed by atoms with E-state index >= 15 is 0 Å². The summed E-state index contributed by atoms with van der Waals surface area (Å²) in [6, 6.07) is 0. The van der Waals surface area contributed by atoms with Gasteiger partial charge in [-0.2, -0.15) is 0 Å². The fourth-order valence-corrected chi connectivity index (χ4v) is 3.30. The molecule has 0 nitrogen and oxygen atoms in total. The van der Waals surface area contributed by atoms with E-state index in [0.29, 0.717) is 0 Å². The van der Waals surface area contributed by atoms with Crippen LogP contribution in [0.1, 0.15) is 71.6 Å². The second kappa shape index (κ2) is 5.37. The van der Waals surface area contributed by atoms with Crippen LogP contribution >= 0.6 is 0 Å². The second-order valence-corrected chi connectivity index (χ2v) is 6.45. The van der Waals surface area contributed by atoms with Gasteiger partial charge in [-0.1, -0.05) is 58.8 Å². The summed E-state index contributed by atoms with van der Waals surface area (Å²) in [5.41, 5.74) is 0. The summed E-state index contributed by atoms with van der Waals surface area (Å²) in [6.07, 6.45) is 13.8. The van der Waals surface area contributed by atoms with Crippen LogP contribution in [-0.2, 0) is 0 Å². The molecule has 1 atom stereocenters. The number of rotatable bonds is 6. The van der Waals surface area contributed by atoms with Crippen molar-refractivity contribution in [2.45, 2.75) is 71.6 Å². The molecule has 0 spiro atoms. The van der Waals surface area contributed by atoms with E-state index < -0.39 is 0 Å². The van der Waals surface area contributed by atoms with Crippen molar-refractivity contribution in [3.05, 3.63) is 0 Å². The lowest BCUT2D eigenvalue weighted by molar-refractivity contribution is 0.269. The molecule has 0 heteroatoms. The maximum absolute atomic E-state index is 2.38. The first-order valence-corrected chi connectivity index (χ1v) is 7.25. The van der Waals surface area contributed by atoms with Crippen LogP contribution in [0.2, 0.25) is 0 Å². The van der Waals surface area contributed by atoms with Crippen molar-refractivity contribution in [1.82, 2.24) is 0 Å². The number of hydrogen-bond acceptors (Lipinski definition) is 0. The molecule has 0 heterocycles. The highest BCUT2D eigenvalue weighted by Gasteiger charge is 2.31. The zero-order valence-electron chi connectivity index (χ0n) is 10.7. The van der Waals surface area contributed by atoms with Crippen LogP contribution in [0.5, 0.6) is 0 Å². The lowest BCUT2D eigenvalue weighted by Gasteiger charge is -2.24. The SMILES string of the molecule is CC(C)CCC(CC1CC1)C1CCCC1. The van der Waals surface area contributed by atoms with Gasteiger partial charge in [0.15, 0.2) is 0 Å². The van der Waals surface area contributed by atoms with Gasteiger partial charge in [0.05, 0.1) is 0 Å². The molecule has 1 unspecified atom stereocenters. The third-order valence-corrected chi connectivity index (χ3v) is 4.51. The summed E-state index contributed by atoms with van der Waals surface area (Å²) in [5, 5.41) is 0. The van der Waals surface area contributed by atoms with E-state index in [1.807, 2.05) is 0 Å². The second-order valence-electron chi connectivity index (χ2n) is 6.45. The van der Waals surface area contributed by atoms with Gasteiger partial charge in [-0.25, -0.2) is 0 Å². The molecule has 0 aromatic heterocycles. The van der Waals surface area contributed by atoms with E-state index in [1.54, 1.807) is 32.1 Å². The van der Waals surface area contributed by atoms with Crippen molar-refractivity contribution in [3.63, 3.8) is 0 Å². The van der Waals surface area contributed by atoms with Crippen LogP contribution in [0.25, 0.3) is 0 Å². The maximum Gasteiger partial charge on any atom is -0.0383 e. The molecule has 2 aliphatic carbocycles. The van der Waals surface area contributed by atoms with Crippen molar-refractivity contribution in [1.29, 1.82) is 0 Å². The maximum atomic E-state index is 2.38. The van der Waals surface area contributed by atoms with Crippen molar-refractivity contribution in [2.24, 2.45) is 23.7 Å². The summed E-state index contributed by atoms with van der Waals surface area (Å²) in [4.78, 5) is 0. The fraction of sp³-hybridized carbons (Fsp3) is 1.00. The molecule has 0 bridgehead atoms. The zero-order chi connectivity index (χ0) is 10.7. The molecule has 0 radical (unpaired) electrons. The predicted molar refractivity (Wildman–Crippen MR) is 66.9 cm³/mol. The Hall–Kier alpha value is 0. The van der Waals surface area contributed by atoms with E-state index in [0.717, 1.165) is 23.7 Å². The van der Waals surface area contributed by atoms with Crippen molar-refractivity contribution in [3.8, 4) is 0 Å². The lowest BCUT2D eigenvalue weighted by atomic mass is 9.82. The molecule has 2 aliphatic rings. The highest BCUT2D eigenvalue weighted by molar-refractivity contribution is 4.82. The summed E-state index contributed by atoms with van der Waals surface area (Å²) in [7, 11) is 0. The average Bonchev–Trinajstić information content (AvgIpc) is 2.84. The fourth-order valence-electron chi connectivity index (χ4n) is 3.30. The summed E-state index contributed by atoms with van der Waals surface area (Å²) >= 11 is 0. The normalized spacial score (nSPS) is 25.0.